The van der Waals surface area contributed by atoms with E-state index in [2.05, 4.69) is 22.4 Å². The first kappa shape index (κ1) is 22.0. The Labute approximate surface area is 204 Å². The minimum atomic E-state index is -0.133. The standard InChI is InChI=1S/C27H25N5OS/c1-33-21-13-11-20(12-14-21)24-17-26(25-18-29-22-9-5-6-10-23(22)30-25)32(31-24)27(34)28-16-15-19-7-3-2-4-8-19/h2-14,18,26H,15-17H2,1H3,(H,28,34)/t26-/m0/s1. The number of methoxy groups -OCH3 is 1. The molecule has 34 heavy (non-hydrogen) atoms. The van der Waals surface area contributed by atoms with E-state index in [1.165, 1.54) is 5.56 Å². The summed E-state index contributed by atoms with van der Waals surface area (Å²) in [6, 6.07) is 26.1. The zero-order valence-electron chi connectivity index (χ0n) is 18.9. The minimum absolute atomic E-state index is 0.133. The normalized spacial score (nSPS) is 15.3. The van der Waals surface area contributed by atoms with Crippen LogP contribution in [0.4, 0.5) is 0 Å². The van der Waals surface area contributed by atoms with Crippen LogP contribution in [0.25, 0.3) is 11.0 Å². The number of nitrogens with one attached hydrogen (secondary N) is 1. The number of rotatable bonds is 6. The third-order valence-corrected chi connectivity index (χ3v) is 6.21. The van der Waals surface area contributed by atoms with Gasteiger partial charge in [-0.25, -0.2) is 9.99 Å². The quantitative estimate of drug-likeness (QED) is 0.407. The Balaban J connectivity index is 1.40. The van der Waals surface area contributed by atoms with Gasteiger partial charge in [0.15, 0.2) is 5.11 Å². The molecule has 0 saturated heterocycles. The molecule has 0 bridgehead atoms. The van der Waals surface area contributed by atoms with E-state index in [1.54, 1.807) is 7.11 Å². The number of hydrogen-bond donors (Lipinski definition) is 1. The van der Waals surface area contributed by atoms with Crippen LogP contribution in [0, 0.1) is 0 Å². The number of hydrazone groups is 1. The molecule has 1 aliphatic rings. The Morgan fingerprint density at radius 3 is 2.50 bits per heavy atom. The summed E-state index contributed by atoms with van der Waals surface area (Å²) in [5.41, 5.74) is 5.83. The van der Waals surface area contributed by atoms with Crippen LogP contribution in [0.3, 0.4) is 0 Å². The summed E-state index contributed by atoms with van der Waals surface area (Å²) in [6.07, 6.45) is 3.39. The molecule has 1 aliphatic heterocycles. The molecule has 4 aromatic rings. The molecule has 0 spiro atoms. The predicted molar refractivity (Wildman–Crippen MR) is 139 cm³/mol. The summed E-state index contributed by atoms with van der Waals surface area (Å²) in [6.45, 7) is 0.725. The van der Waals surface area contributed by atoms with Gasteiger partial charge in [-0.3, -0.25) is 4.98 Å². The summed E-state index contributed by atoms with van der Waals surface area (Å²) in [5, 5.41) is 10.8. The van der Waals surface area contributed by atoms with E-state index in [4.69, 9.17) is 27.0 Å². The smallest absolute Gasteiger partial charge is 0.190 e. The van der Waals surface area contributed by atoms with Gasteiger partial charge in [0.2, 0.25) is 0 Å². The average Bonchev–Trinajstić information content (AvgIpc) is 3.35. The Morgan fingerprint density at radius 2 is 1.74 bits per heavy atom. The first-order valence-electron chi connectivity index (χ1n) is 11.3. The first-order chi connectivity index (χ1) is 16.7. The molecular weight excluding hydrogens is 442 g/mol. The second-order valence-electron chi connectivity index (χ2n) is 8.09. The molecule has 0 saturated carbocycles. The molecule has 1 N–H and O–H groups in total. The van der Waals surface area contributed by atoms with Crippen molar-refractivity contribution in [1.29, 1.82) is 0 Å². The highest BCUT2D eigenvalue weighted by atomic mass is 32.1. The predicted octanol–water partition coefficient (Wildman–Crippen LogP) is 4.91. The molecule has 0 fully saturated rings. The lowest BCUT2D eigenvalue weighted by molar-refractivity contribution is 0.357. The highest BCUT2D eigenvalue weighted by Gasteiger charge is 2.32. The monoisotopic (exact) mass is 467 g/mol. The molecule has 2 heterocycles. The highest BCUT2D eigenvalue weighted by molar-refractivity contribution is 7.80. The molecular formula is C27H25N5OS. The van der Waals surface area contributed by atoms with Crippen LogP contribution in [0.15, 0.2) is 90.2 Å². The molecule has 7 heteroatoms. The Bertz CT molecular complexity index is 1320. The van der Waals surface area contributed by atoms with Crippen LogP contribution >= 0.6 is 12.2 Å². The SMILES string of the molecule is COc1ccc(C2=NN(C(=S)NCCc3ccccc3)[C@H](c3cnc4ccccc4n3)C2)cc1. The summed E-state index contributed by atoms with van der Waals surface area (Å²) >= 11 is 5.78. The van der Waals surface area contributed by atoms with Crippen LogP contribution in [0.2, 0.25) is 0 Å². The fraction of sp³-hybridized carbons (Fsp3) is 0.185. The molecule has 0 unspecified atom stereocenters. The zero-order chi connectivity index (χ0) is 23.3. The van der Waals surface area contributed by atoms with Crippen LogP contribution < -0.4 is 10.1 Å². The van der Waals surface area contributed by atoms with Crippen molar-refractivity contribution in [2.24, 2.45) is 5.10 Å². The largest absolute Gasteiger partial charge is 0.497 e. The fourth-order valence-corrected chi connectivity index (χ4v) is 4.33. The topological polar surface area (TPSA) is 62.6 Å². The van der Waals surface area contributed by atoms with E-state index in [9.17, 15) is 0 Å². The van der Waals surface area contributed by atoms with Crippen molar-refractivity contribution in [3.05, 3.63) is 102 Å². The van der Waals surface area contributed by atoms with Gasteiger partial charge in [-0.05, 0) is 66.2 Å². The number of ether oxygens (including phenoxy) is 1. The highest BCUT2D eigenvalue weighted by Crippen LogP contribution is 2.32. The molecule has 1 aromatic heterocycles. The lowest BCUT2D eigenvalue weighted by Gasteiger charge is -2.24. The third-order valence-electron chi connectivity index (χ3n) is 5.88. The summed E-state index contributed by atoms with van der Waals surface area (Å²) in [7, 11) is 1.66. The van der Waals surface area contributed by atoms with E-state index in [-0.39, 0.29) is 6.04 Å². The maximum atomic E-state index is 5.78. The third kappa shape index (κ3) is 4.75. The van der Waals surface area contributed by atoms with E-state index in [0.717, 1.165) is 46.7 Å². The number of nitrogens with zero attached hydrogens (tertiary/aromatic N) is 4. The Morgan fingerprint density at radius 1 is 1.00 bits per heavy atom. The second kappa shape index (κ2) is 9.97. The van der Waals surface area contributed by atoms with Crippen LogP contribution in [0.5, 0.6) is 5.75 Å². The van der Waals surface area contributed by atoms with Crippen LogP contribution in [0.1, 0.15) is 29.3 Å². The van der Waals surface area contributed by atoms with Crippen molar-refractivity contribution >= 4 is 34.1 Å². The summed E-state index contributed by atoms with van der Waals surface area (Å²) in [5.74, 6) is 0.814. The van der Waals surface area contributed by atoms with E-state index < -0.39 is 0 Å². The molecule has 0 aliphatic carbocycles. The maximum absolute atomic E-state index is 5.78. The average molecular weight is 468 g/mol. The molecule has 1 atom stereocenters. The van der Waals surface area contributed by atoms with Crippen LogP contribution in [-0.2, 0) is 6.42 Å². The van der Waals surface area contributed by atoms with E-state index >= 15 is 0 Å². The minimum Gasteiger partial charge on any atom is -0.497 e. The van der Waals surface area contributed by atoms with Crippen molar-refractivity contribution in [2.75, 3.05) is 13.7 Å². The van der Waals surface area contributed by atoms with E-state index in [1.807, 2.05) is 77.9 Å². The van der Waals surface area contributed by atoms with Gasteiger partial charge in [0, 0.05) is 13.0 Å². The molecule has 0 radical (unpaired) electrons. The van der Waals surface area contributed by atoms with Crippen molar-refractivity contribution in [3.8, 4) is 5.75 Å². The number of aromatic nitrogens is 2. The second-order valence-corrected chi connectivity index (χ2v) is 8.48. The Hall–Kier alpha value is -3.84. The number of fused-ring (bicyclic) bond motifs is 1. The van der Waals surface area contributed by atoms with Gasteiger partial charge in [-0.15, -0.1) is 0 Å². The molecule has 6 nitrogen and oxygen atoms in total. The van der Waals surface area contributed by atoms with Crippen molar-refractivity contribution in [3.63, 3.8) is 0 Å². The number of thiocarbonyl (C=S) groups is 1. The molecule has 170 valence electrons. The number of benzene rings is 3. The molecule has 5 rings (SSSR count). The Kier molecular flexibility index (Phi) is 6.44. The van der Waals surface area contributed by atoms with Gasteiger partial charge in [-0.1, -0.05) is 42.5 Å². The van der Waals surface area contributed by atoms with Gasteiger partial charge in [0.25, 0.3) is 0 Å². The maximum Gasteiger partial charge on any atom is 0.190 e. The van der Waals surface area contributed by atoms with Gasteiger partial charge < -0.3 is 10.1 Å². The van der Waals surface area contributed by atoms with Gasteiger partial charge in [0.1, 0.15) is 11.8 Å². The van der Waals surface area contributed by atoms with Crippen molar-refractivity contribution in [2.45, 2.75) is 18.9 Å². The lowest BCUT2D eigenvalue weighted by atomic mass is 10.0. The molecule has 0 amide bonds. The first-order valence-corrected chi connectivity index (χ1v) is 11.7. The van der Waals surface area contributed by atoms with Crippen molar-refractivity contribution in [1.82, 2.24) is 20.3 Å². The summed E-state index contributed by atoms with van der Waals surface area (Å²) < 4.78 is 5.30. The van der Waals surface area contributed by atoms with E-state index in [0.29, 0.717) is 11.5 Å². The van der Waals surface area contributed by atoms with Gasteiger partial charge in [-0.2, -0.15) is 5.10 Å². The van der Waals surface area contributed by atoms with Crippen molar-refractivity contribution < 1.29 is 4.74 Å². The fourth-order valence-electron chi connectivity index (χ4n) is 4.06. The number of hydrogen-bond acceptors (Lipinski definition) is 5. The van der Waals surface area contributed by atoms with Crippen LogP contribution in [-0.4, -0.2) is 39.5 Å². The molecule has 3 aromatic carbocycles. The zero-order valence-corrected chi connectivity index (χ0v) is 19.7. The van der Waals surface area contributed by atoms with Gasteiger partial charge in [0.05, 0.1) is 35.7 Å². The lowest BCUT2D eigenvalue weighted by Crippen LogP contribution is -2.38. The summed E-state index contributed by atoms with van der Waals surface area (Å²) in [4.78, 5) is 9.51. The van der Waals surface area contributed by atoms with Gasteiger partial charge >= 0.3 is 0 Å². The number of para-hydroxylation sites is 2.